The minimum absolute atomic E-state index is 0.212. The largest absolute Gasteiger partial charge is 0.494 e. The van der Waals surface area contributed by atoms with Gasteiger partial charge in [-0.2, -0.15) is 0 Å². The van der Waals surface area contributed by atoms with E-state index in [-0.39, 0.29) is 6.61 Å². The summed E-state index contributed by atoms with van der Waals surface area (Å²) in [6.45, 7) is 11.8. The summed E-state index contributed by atoms with van der Waals surface area (Å²) in [5, 5.41) is 9.61. The van der Waals surface area contributed by atoms with Gasteiger partial charge in [0, 0.05) is 63.1 Å². The SMILES string of the molecule is CCOc1ccccc1CN1CCN(Cc2nc(CC)[nH]c2C)CC1CCO. The standard InChI is InChI=1S/C22H34N4O2/c1-4-22-23-17(3)20(24-22)16-25-11-12-26(19(15-25)10-13-27)14-18-8-6-7-9-21(18)28-5-2/h6-9,19,27H,4-5,10-16H2,1-3H3,(H,23,24). The average molecular weight is 387 g/mol. The maximum absolute atomic E-state index is 9.61. The van der Waals surface area contributed by atoms with Crippen molar-refractivity contribution in [3.63, 3.8) is 0 Å². The number of rotatable bonds is 9. The Labute approximate surface area is 168 Å². The molecule has 2 aromatic rings. The second-order valence-electron chi connectivity index (χ2n) is 7.52. The summed E-state index contributed by atoms with van der Waals surface area (Å²) in [5.41, 5.74) is 3.54. The number of imidazole rings is 1. The molecule has 1 fully saturated rings. The first kappa shape index (κ1) is 20.8. The van der Waals surface area contributed by atoms with Crippen LogP contribution >= 0.6 is 0 Å². The molecule has 0 aliphatic carbocycles. The Morgan fingerprint density at radius 3 is 2.75 bits per heavy atom. The van der Waals surface area contributed by atoms with E-state index in [1.54, 1.807) is 0 Å². The summed E-state index contributed by atoms with van der Waals surface area (Å²) >= 11 is 0. The molecular weight excluding hydrogens is 352 g/mol. The van der Waals surface area contributed by atoms with Gasteiger partial charge in [0.1, 0.15) is 11.6 Å². The normalized spacial score (nSPS) is 18.5. The van der Waals surface area contributed by atoms with E-state index in [1.165, 1.54) is 11.3 Å². The fourth-order valence-electron chi connectivity index (χ4n) is 3.98. The number of aliphatic hydroxyl groups is 1. The molecule has 0 spiro atoms. The molecule has 0 saturated carbocycles. The Morgan fingerprint density at radius 1 is 1.21 bits per heavy atom. The third-order valence-electron chi connectivity index (χ3n) is 5.54. The van der Waals surface area contributed by atoms with Gasteiger partial charge in [-0.3, -0.25) is 9.80 Å². The minimum atomic E-state index is 0.212. The summed E-state index contributed by atoms with van der Waals surface area (Å²) in [6.07, 6.45) is 1.72. The number of aryl methyl sites for hydroxylation is 2. The molecule has 2 heterocycles. The maximum atomic E-state index is 9.61. The zero-order valence-corrected chi connectivity index (χ0v) is 17.4. The second-order valence-corrected chi connectivity index (χ2v) is 7.52. The molecule has 1 aromatic carbocycles. The lowest BCUT2D eigenvalue weighted by atomic mass is 10.1. The summed E-state index contributed by atoms with van der Waals surface area (Å²) in [7, 11) is 0. The van der Waals surface area contributed by atoms with Crippen LogP contribution in [0.2, 0.25) is 0 Å². The van der Waals surface area contributed by atoms with Gasteiger partial charge in [-0.25, -0.2) is 4.98 Å². The van der Waals surface area contributed by atoms with E-state index in [1.807, 2.05) is 19.1 Å². The number of para-hydroxylation sites is 1. The van der Waals surface area contributed by atoms with Crippen molar-refractivity contribution in [1.82, 2.24) is 19.8 Å². The molecule has 1 aliphatic rings. The first-order chi connectivity index (χ1) is 13.6. The summed E-state index contributed by atoms with van der Waals surface area (Å²) in [5.74, 6) is 2.03. The number of hydrogen-bond acceptors (Lipinski definition) is 5. The van der Waals surface area contributed by atoms with Gasteiger partial charge in [0.15, 0.2) is 0 Å². The van der Waals surface area contributed by atoms with Crippen molar-refractivity contribution in [3.05, 3.63) is 47.0 Å². The van der Waals surface area contributed by atoms with E-state index in [0.29, 0.717) is 12.6 Å². The molecule has 1 saturated heterocycles. The predicted octanol–water partition coefficient (Wildman–Crippen LogP) is 2.75. The summed E-state index contributed by atoms with van der Waals surface area (Å²) in [6, 6.07) is 8.61. The van der Waals surface area contributed by atoms with Crippen LogP contribution < -0.4 is 4.74 Å². The number of aromatic nitrogens is 2. The first-order valence-electron chi connectivity index (χ1n) is 10.5. The number of aliphatic hydroxyl groups excluding tert-OH is 1. The number of piperazine rings is 1. The van der Waals surface area contributed by atoms with E-state index in [4.69, 9.17) is 9.72 Å². The van der Waals surface area contributed by atoms with Gasteiger partial charge in [-0.15, -0.1) is 0 Å². The van der Waals surface area contributed by atoms with E-state index in [2.05, 4.69) is 40.8 Å². The molecule has 6 nitrogen and oxygen atoms in total. The van der Waals surface area contributed by atoms with E-state index < -0.39 is 0 Å². The Morgan fingerprint density at radius 2 is 2.04 bits per heavy atom. The van der Waals surface area contributed by atoms with E-state index >= 15 is 0 Å². The smallest absolute Gasteiger partial charge is 0.123 e. The monoisotopic (exact) mass is 386 g/mol. The van der Waals surface area contributed by atoms with Crippen LogP contribution in [-0.2, 0) is 19.5 Å². The van der Waals surface area contributed by atoms with Crippen molar-refractivity contribution in [3.8, 4) is 5.75 Å². The van der Waals surface area contributed by atoms with Crippen LogP contribution in [0.1, 0.15) is 43.0 Å². The number of benzene rings is 1. The van der Waals surface area contributed by atoms with Crippen LogP contribution in [0.3, 0.4) is 0 Å². The van der Waals surface area contributed by atoms with E-state index in [0.717, 1.165) is 62.8 Å². The number of H-pyrrole nitrogens is 1. The predicted molar refractivity (Wildman–Crippen MR) is 111 cm³/mol. The van der Waals surface area contributed by atoms with Crippen molar-refractivity contribution in [2.45, 2.75) is 52.7 Å². The molecule has 0 bridgehead atoms. The van der Waals surface area contributed by atoms with Gasteiger partial charge in [-0.1, -0.05) is 25.1 Å². The highest BCUT2D eigenvalue weighted by Gasteiger charge is 2.28. The van der Waals surface area contributed by atoms with Crippen molar-refractivity contribution in [2.24, 2.45) is 0 Å². The van der Waals surface area contributed by atoms with Gasteiger partial charge in [-0.05, 0) is 26.3 Å². The molecule has 28 heavy (non-hydrogen) atoms. The molecule has 6 heteroatoms. The number of aromatic amines is 1. The molecule has 2 N–H and O–H groups in total. The molecule has 1 atom stereocenters. The summed E-state index contributed by atoms with van der Waals surface area (Å²) in [4.78, 5) is 13.1. The summed E-state index contributed by atoms with van der Waals surface area (Å²) < 4.78 is 5.80. The van der Waals surface area contributed by atoms with Crippen LogP contribution in [0.5, 0.6) is 5.75 Å². The number of nitrogens with one attached hydrogen (secondary N) is 1. The molecular formula is C22H34N4O2. The third kappa shape index (κ3) is 5.13. The van der Waals surface area contributed by atoms with Gasteiger partial charge in [0.25, 0.3) is 0 Å². The molecule has 0 radical (unpaired) electrons. The Hall–Kier alpha value is -1.89. The number of ether oxygens (including phenoxy) is 1. The quantitative estimate of drug-likeness (QED) is 0.694. The Kier molecular flexibility index (Phi) is 7.48. The number of hydrogen-bond donors (Lipinski definition) is 2. The average Bonchev–Trinajstić information content (AvgIpc) is 3.05. The van der Waals surface area contributed by atoms with Crippen LogP contribution in [0.15, 0.2) is 24.3 Å². The molecule has 1 unspecified atom stereocenters. The van der Waals surface area contributed by atoms with Gasteiger partial charge in [0.2, 0.25) is 0 Å². The molecule has 3 rings (SSSR count). The third-order valence-corrected chi connectivity index (χ3v) is 5.54. The molecule has 0 amide bonds. The van der Waals surface area contributed by atoms with Crippen LogP contribution in [-0.4, -0.2) is 63.8 Å². The topological polar surface area (TPSA) is 64.6 Å². The number of nitrogens with zero attached hydrogens (tertiary/aromatic N) is 3. The van der Waals surface area contributed by atoms with Crippen LogP contribution in [0.4, 0.5) is 0 Å². The fraction of sp³-hybridized carbons (Fsp3) is 0.591. The van der Waals surface area contributed by atoms with E-state index in [9.17, 15) is 5.11 Å². The molecule has 1 aliphatic heterocycles. The highest BCUT2D eigenvalue weighted by atomic mass is 16.5. The molecule has 154 valence electrons. The van der Waals surface area contributed by atoms with Crippen LogP contribution in [0, 0.1) is 6.92 Å². The van der Waals surface area contributed by atoms with Crippen molar-refractivity contribution in [2.75, 3.05) is 32.8 Å². The van der Waals surface area contributed by atoms with Gasteiger partial charge < -0.3 is 14.8 Å². The van der Waals surface area contributed by atoms with Gasteiger partial charge in [0.05, 0.1) is 12.3 Å². The maximum Gasteiger partial charge on any atom is 0.123 e. The van der Waals surface area contributed by atoms with Crippen molar-refractivity contribution in [1.29, 1.82) is 0 Å². The fourth-order valence-corrected chi connectivity index (χ4v) is 3.98. The zero-order valence-electron chi connectivity index (χ0n) is 17.4. The first-order valence-corrected chi connectivity index (χ1v) is 10.5. The Bertz CT molecular complexity index is 746. The lowest BCUT2D eigenvalue weighted by Crippen LogP contribution is -2.52. The van der Waals surface area contributed by atoms with Crippen molar-refractivity contribution >= 4 is 0 Å². The second kappa shape index (κ2) is 10.0. The van der Waals surface area contributed by atoms with Gasteiger partial charge >= 0.3 is 0 Å². The Balaban J connectivity index is 1.66. The molecule has 1 aromatic heterocycles. The lowest BCUT2D eigenvalue weighted by Gasteiger charge is -2.41. The highest BCUT2D eigenvalue weighted by Crippen LogP contribution is 2.24. The van der Waals surface area contributed by atoms with Crippen LogP contribution in [0.25, 0.3) is 0 Å². The zero-order chi connectivity index (χ0) is 19.9. The highest BCUT2D eigenvalue weighted by molar-refractivity contribution is 5.33. The van der Waals surface area contributed by atoms with Crippen molar-refractivity contribution < 1.29 is 9.84 Å². The lowest BCUT2D eigenvalue weighted by molar-refractivity contribution is 0.0488. The minimum Gasteiger partial charge on any atom is -0.494 e.